The summed E-state index contributed by atoms with van der Waals surface area (Å²) in [7, 11) is -2.81. The molecule has 0 bridgehead atoms. The topological polar surface area (TPSA) is 82.4 Å². The number of hydrogen-bond donors (Lipinski definition) is 0. The minimum atomic E-state index is -3.98. The SMILES string of the molecule is COC(=O)c1cc2c(n1S(=O)(=O)c1ccc(C)cc1)CCC2=O. The fourth-order valence-corrected chi connectivity index (χ4v) is 4.27. The molecule has 0 radical (unpaired) electrons. The van der Waals surface area contributed by atoms with E-state index in [0.717, 1.165) is 9.54 Å². The summed E-state index contributed by atoms with van der Waals surface area (Å²) in [5.41, 5.74) is 1.40. The van der Waals surface area contributed by atoms with E-state index < -0.39 is 16.0 Å². The van der Waals surface area contributed by atoms with Crippen LogP contribution in [0.1, 0.15) is 38.5 Å². The van der Waals surface area contributed by atoms with E-state index in [4.69, 9.17) is 0 Å². The molecular formula is C16H15NO5S. The molecule has 120 valence electrons. The van der Waals surface area contributed by atoms with Crippen LogP contribution in [0.4, 0.5) is 0 Å². The molecule has 0 unspecified atom stereocenters. The monoisotopic (exact) mass is 333 g/mol. The fourth-order valence-electron chi connectivity index (χ4n) is 2.71. The third-order valence-corrected chi connectivity index (χ3v) is 5.66. The molecule has 1 heterocycles. The number of methoxy groups -OCH3 is 1. The van der Waals surface area contributed by atoms with Gasteiger partial charge in [-0.2, -0.15) is 0 Å². The molecule has 0 amide bonds. The van der Waals surface area contributed by atoms with E-state index in [9.17, 15) is 18.0 Å². The highest BCUT2D eigenvalue weighted by Gasteiger charge is 2.34. The van der Waals surface area contributed by atoms with E-state index in [1.165, 1.54) is 25.3 Å². The highest BCUT2D eigenvalue weighted by molar-refractivity contribution is 7.90. The molecule has 23 heavy (non-hydrogen) atoms. The van der Waals surface area contributed by atoms with E-state index in [-0.39, 0.29) is 34.8 Å². The molecule has 0 atom stereocenters. The van der Waals surface area contributed by atoms with Crippen LogP contribution in [-0.2, 0) is 21.2 Å². The molecule has 1 aromatic heterocycles. The first-order valence-corrected chi connectivity index (χ1v) is 8.48. The molecule has 3 rings (SSSR count). The van der Waals surface area contributed by atoms with Crippen LogP contribution >= 0.6 is 0 Å². The number of Topliss-reactive ketones (excluding diaryl/α,β-unsaturated/α-hetero) is 1. The van der Waals surface area contributed by atoms with Crippen molar-refractivity contribution in [3.63, 3.8) is 0 Å². The first-order chi connectivity index (χ1) is 10.9. The van der Waals surface area contributed by atoms with Crippen LogP contribution in [0.5, 0.6) is 0 Å². The zero-order valence-electron chi connectivity index (χ0n) is 12.7. The maximum Gasteiger partial charge on any atom is 0.355 e. The number of esters is 1. The summed E-state index contributed by atoms with van der Waals surface area (Å²) in [4.78, 5) is 23.9. The number of rotatable bonds is 3. The number of carbonyl (C=O) groups is 2. The number of fused-ring (bicyclic) bond motifs is 1. The highest BCUT2D eigenvalue weighted by Crippen LogP contribution is 2.30. The van der Waals surface area contributed by atoms with Crippen molar-refractivity contribution in [3.8, 4) is 0 Å². The van der Waals surface area contributed by atoms with Crippen LogP contribution in [-0.4, -0.2) is 31.3 Å². The standard InChI is InChI=1S/C16H15NO5S/c1-10-3-5-11(6-4-10)23(20,21)17-13-7-8-15(18)12(13)9-14(17)16(19)22-2/h3-6,9H,7-8H2,1-2H3. The molecule has 1 aliphatic carbocycles. The average Bonchev–Trinajstić information content (AvgIpc) is 3.07. The van der Waals surface area contributed by atoms with Crippen LogP contribution in [0.15, 0.2) is 35.2 Å². The minimum Gasteiger partial charge on any atom is -0.464 e. The summed E-state index contributed by atoms with van der Waals surface area (Å²) < 4.78 is 31.5. The Kier molecular flexibility index (Phi) is 3.60. The van der Waals surface area contributed by atoms with Crippen molar-refractivity contribution >= 4 is 21.8 Å². The molecule has 7 heteroatoms. The Morgan fingerprint density at radius 1 is 1.17 bits per heavy atom. The van der Waals surface area contributed by atoms with Crippen LogP contribution < -0.4 is 0 Å². The van der Waals surface area contributed by atoms with Crippen LogP contribution in [0.2, 0.25) is 0 Å². The van der Waals surface area contributed by atoms with Gasteiger partial charge in [0.2, 0.25) is 0 Å². The van der Waals surface area contributed by atoms with Gasteiger partial charge in [-0.3, -0.25) is 4.79 Å². The summed E-state index contributed by atoms with van der Waals surface area (Å²) >= 11 is 0. The predicted molar refractivity (Wildman–Crippen MR) is 82.2 cm³/mol. The second-order valence-corrected chi connectivity index (χ2v) is 7.17. The smallest absolute Gasteiger partial charge is 0.355 e. The first kappa shape index (κ1) is 15.5. The summed E-state index contributed by atoms with van der Waals surface area (Å²) in [6, 6.07) is 7.63. The quantitative estimate of drug-likeness (QED) is 0.802. The van der Waals surface area contributed by atoms with E-state index in [0.29, 0.717) is 5.69 Å². The molecule has 0 aliphatic heterocycles. The van der Waals surface area contributed by atoms with Crippen LogP contribution in [0.3, 0.4) is 0 Å². The van der Waals surface area contributed by atoms with Gasteiger partial charge in [0.1, 0.15) is 5.69 Å². The molecule has 6 nitrogen and oxygen atoms in total. The van der Waals surface area contributed by atoms with Gasteiger partial charge in [0.25, 0.3) is 10.0 Å². The molecule has 2 aromatic rings. The molecule has 1 aliphatic rings. The lowest BCUT2D eigenvalue weighted by atomic mass is 10.2. The van der Waals surface area contributed by atoms with Gasteiger partial charge in [0.15, 0.2) is 5.78 Å². The molecule has 0 N–H and O–H groups in total. The lowest BCUT2D eigenvalue weighted by Gasteiger charge is -2.12. The number of nitrogens with zero attached hydrogens (tertiary/aromatic N) is 1. The Morgan fingerprint density at radius 3 is 2.43 bits per heavy atom. The van der Waals surface area contributed by atoms with Gasteiger partial charge in [0, 0.05) is 17.7 Å². The second-order valence-electron chi connectivity index (χ2n) is 5.39. The Balaban J connectivity index is 2.26. The summed E-state index contributed by atoms with van der Waals surface area (Å²) in [5, 5.41) is 0. The number of carbonyl (C=O) groups excluding carboxylic acids is 2. The number of ketones is 1. The van der Waals surface area contributed by atoms with Gasteiger partial charge in [-0.05, 0) is 31.5 Å². The third kappa shape index (κ3) is 2.37. The largest absolute Gasteiger partial charge is 0.464 e. The zero-order chi connectivity index (χ0) is 16.8. The Morgan fingerprint density at radius 2 is 1.83 bits per heavy atom. The number of ether oxygens (including phenoxy) is 1. The Hall–Kier alpha value is -2.41. The first-order valence-electron chi connectivity index (χ1n) is 7.04. The number of aryl methyl sites for hydroxylation is 1. The van der Waals surface area contributed by atoms with Crippen molar-refractivity contribution in [1.29, 1.82) is 0 Å². The summed E-state index contributed by atoms with van der Waals surface area (Å²) in [6.45, 7) is 1.85. The zero-order valence-corrected chi connectivity index (χ0v) is 13.5. The number of aromatic nitrogens is 1. The van der Waals surface area contributed by atoms with E-state index in [1.807, 2.05) is 6.92 Å². The average molecular weight is 333 g/mol. The van der Waals surface area contributed by atoms with Crippen molar-refractivity contribution in [2.45, 2.75) is 24.7 Å². The molecule has 0 fully saturated rings. The van der Waals surface area contributed by atoms with Gasteiger partial charge < -0.3 is 4.74 Å². The molecule has 1 aromatic carbocycles. The maximum atomic E-state index is 13.0. The normalized spacial score (nSPS) is 13.9. The highest BCUT2D eigenvalue weighted by atomic mass is 32.2. The van der Waals surface area contributed by atoms with Crippen LogP contribution in [0.25, 0.3) is 0 Å². The summed E-state index contributed by atoms with van der Waals surface area (Å²) in [6.07, 6.45) is 0.534. The van der Waals surface area contributed by atoms with Crippen LogP contribution in [0, 0.1) is 6.92 Å². The Labute approximate surface area is 133 Å². The molecule has 0 spiro atoms. The van der Waals surface area contributed by atoms with Gasteiger partial charge in [-0.15, -0.1) is 0 Å². The van der Waals surface area contributed by atoms with Gasteiger partial charge >= 0.3 is 5.97 Å². The maximum absolute atomic E-state index is 13.0. The van der Waals surface area contributed by atoms with Gasteiger partial charge in [-0.1, -0.05) is 17.7 Å². The third-order valence-electron chi connectivity index (χ3n) is 3.90. The lowest BCUT2D eigenvalue weighted by molar-refractivity contribution is 0.0592. The fraction of sp³-hybridized carbons (Fsp3) is 0.250. The Bertz CT molecular complexity index is 907. The van der Waals surface area contributed by atoms with Gasteiger partial charge in [-0.25, -0.2) is 17.2 Å². The van der Waals surface area contributed by atoms with Crippen molar-refractivity contribution in [1.82, 2.24) is 3.97 Å². The van der Waals surface area contributed by atoms with Gasteiger partial charge in [0.05, 0.1) is 12.0 Å². The van der Waals surface area contributed by atoms with Crippen molar-refractivity contribution in [2.75, 3.05) is 7.11 Å². The predicted octanol–water partition coefficient (Wildman–Crippen LogP) is 1.95. The van der Waals surface area contributed by atoms with Crippen molar-refractivity contribution in [3.05, 3.63) is 52.8 Å². The van der Waals surface area contributed by atoms with Crippen molar-refractivity contribution in [2.24, 2.45) is 0 Å². The number of benzene rings is 1. The summed E-state index contributed by atoms with van der Waals surface area (Å²) in [5.74, 6) is -0.953. The number of hydrogen-bond acceptors (Lipinski definition) is 5. The lowest BCUT2D eigenvalue weighted by Crippen LogP contribution is -2.21. The molecule has 0 saturated carbocycles. The van der Waals surface area contributed by atoms with E-state index in [1.54, 1.807) is 12.1 Å². The van der Waals surface area contributed by atoms with E-state index in [2.05, 4.69) is 4.74 Å². The second kappa shape index (κ2) is 5.34. The molecule has 0 saturated heterocycles. The van der Waals surface area contributed by atoms with E-state index >= 15 is 0 Å². The minimum absolute atomic E-state index is 0.0611. The molecular weight excluding hydrogens is 318 g/mol. The van der Waals surface area contributed by atoms with Crippen molar-refractivity contribution < 1.29 is 22.7 Å².